The highest BCUT2D eigenvalue weighted by Gasteiger charge is 2.56. The molecule has 4 fully saturated rings. The molecule has 2 aliphatic heterocycles. The first kappa shape index (κ1) is 19.9. The summed E-state index contributed by atoms with van der Waals surface area (Å²) in [5.41, 5.74) is 1.63. The second kappa shape index (κ2) is 7.56. The number of carbonyl (C=O) groups excluding carboxylic acids is 2. The first-order chi connectivity index (χ1) is 14.4. The first-order valence-electron chi connectivity index (χ1n) is 11.5. The number of nitrogens with zero attached hydrogens (tertiary/aromatic N) is 1. The molecule has 5 atom stereocenters. The molecule has 30 heavy (non-hydrogen) atoms. The quantitative estimate of drug-likeness (QED) is 0.608. The molecule has 6 nitrogen and oxygen atoms in total. The lowest BCUT2D eigenvalue weighted by atomic mass is 9.55. The molecule has 1 N–H and O–H groups in total. The lowest BCUT2D eigenvalue weighted by Crippen LogP contribution is -3.15. The third kappa shape index (κ3) is 3.39. The number of carbonyl (C=O) groups is 2. The highest BCUT2D eigenvalue weighted by atomic mass is 16.6. The Hall–Kier alpha value is -2.08. The summed E-state index contributed by atoms with van der Waals surface area (Å²) in [4.78, 5) is 28.5. The Morgan fingerprint density at radius 2 is 2.17 bits per heavy atom. The van der Waals surface area contributed by atoms with Gasteiger partial charge >= 0.3 is 5.97 Å². The molecular weight excluding hydrogens is 380 g/mol. The number of furan rings is 1. The zero-order valence-corrected chi connectivity index (χ0v) is 17.9. The minimum absolute atomic E-state index is 0.000509. The fourth-order valence-electron chi connectivity index (χ4n) is 6.59. The smallest absolute Gasteiger partial charge is 0.315 e. The van der Waals surface area contributed by atoms with Crippen LogP contribution in [-0.4, -0.2) is 55.6 Å². The molecule has 0 aromatic carbocycles. The van der Waals surface area contributed by atoms with Gasteiger partial charge in [0.1, 0.15) is 12.0 Å². The standard InChI is InChI=1S/C24H32N2O4/c1-16-5-3-7-24(2)14-21-17(13-19(16)24)18(23(28)30-21)15-25-8-10-26(11-9-25)22(27)20-6-4-12-29-20/h4,6,12,17-19,21H,1,3,5,7-11,13-15H2,2H3/p+1/t17-,18-,19-,21-,24-/m1/s1. The van der Waals surface area contributed by atoms with E-state index in [4.69, 9.17) is 9.15 Å². The second-order valence-corrected chi connectivity index (χ2v) is 10.1. The van der Waals surface area contributed by atoms with E-state index in [1.807, 2.05) is 4.90 Å². The van der Waals surface area contributed by atoms with E-state index < -0.39 is 0 Å². The molecule has 1 amide bonds. The first-order valence-corrected chi connectivity index (χ1v) is 11.5. The van der Waals surface area contributed by atoms with Crippen molar-refractivity contribution in [1.29, 1.82) is 0 Å². The number of allylic oxidation sites excluding steroid dienone is 1. The van der Waals surface area contributed by atoms with E-state index in [0.29, 0.717) is 30.7 Å². The van der Waals surface area contributed by atoms with Crippen molar-refractivity contribution < 1.29 is 23.6 Å². The summed E-state index contributed by atoms with van der Waals surface area (Å²) in [6, 6.07) is 3.46. The Morgan fingerprint density at radius 1 is 1.37 bits per heavy atom. The van der Waals surface area contributed by atoms with Crippen molar-refractivity contribution in [2.45, 2.75) is 45.1 Å². The Bertz CT molecular complexity index is 826. The number of amides is 1. The molecule has 2 saturated heterocycles. The van der Waals surface area contributed by atoms with E-state index in [1.54, 1.807) is 12.1 Å². The van der Waals surface area contributed by atoms with Crippen molar-refractivity contribution >= 4 is 11.9 Å². The molecule has 0 radical (unpaired) electrons. The Morgan fingerprint density at radius 3 is 2.90 bits per heavy atom. The predicted molar refractivity (Wildman–Crippen MR) is 111 cm³/mol. The van der Waals surface area contributed by atoms with Crippen molar-refractivity contribution in [1.82, 2.24) is 4.90 Å². The van der Waals surface area contributed by atoms with Gasteiger partial charge in [0.05, 0.1) is 39.0 Å². The molecule has 2 saturated carbocycles. The average molecular weight is 414 g/mol. The van der Waals surface area contributed by atoms with Crippen molar-refractivity contribution in [3.63, 3.8) is 0 Å². The molecule has 0 bridgehead atoms. The van der Waals surface area contributed by atoms with Gasteiger partial charge in [0.15, 0.2) is 5.76 Å². The number of nitrogens with one attached hydrogen (secondary N) is 1. The van der Waals surface area contributed by atoms with Crippen LogP contribution in [0.25, 0.3) is 0 Å². The maximum Gasteiger partial charge on any atom is 0.315 e. The number of esters is 1. The van der Waals surface area contributed by atoms with E-state index in [9.17, 15) is 9.59 Å². The van der Waals surface area contributed by atoms with Crippen LogP contribution in [0.3, 0.4) is 0 Å². The molecule has 0 unspecified atom stereocenters. The molecular formula is C24H33N2O4+. The molecule has 5 rings (SSSR count). The predicted octanol–water partition coefficient (Wildman–Crippen LogP) is 1.93. The molecule has 1 aromatic rings. The van der Waals surface area contributed by atoms with Crippen LogP contribution in [0.1, 0.15) is 49.6 Å². The van der Waals surface area contributed by atoms with E-state index in [1.165, 1.54) is 29.6 Å². The third-order valence-electron chi connectivity index (χ3n) is 8.32. The van der Waals surface area contributed by atoms with Gasteiger partial charge in [-0.05, 0) is 55.6 Å². The lowest BCUT2D eigenvalue weighted by molar-refractivity contribution is -0.906. The highest BCUT2D eigenvalue weighted by molar-refractivity contribution is 5.91. The van der Waals surface area contributed by atoms with Crippen molar-refractivity contribution in [3.8, 4) is 0 Å². The Labute approximate surface area is 178 Å². The highest BCUT2D eigenvalue weighted by Crippen LogP contribution is 2.56. The van der Waals surface area contributed by atoms with Crippen molar-refractivity contribution in [3.05, 3.63) is 36.3 Å². The zero-order chi connectivity index (χ0) is 20.9. The normalized spacial score (nSPS) is 36.9. The van der Waals surface area contributed by atoms with Gasteiger partial charge in [-0.25, -0.2) is 0 Å². The summed E-state index contributed by atoms with van der Waals surface area (Å²) in [7, 11) is 0. The van der Waals surface area contributed by atoms with Gasteiger partial charge in [0.2, 0.25) is 0 Å². The van der Waals surface area contributed by atoms with Crippen LogP contribution in [0.15, 0.2) is 35.0 Å². The molecule has 1 aromatic heterocycles. The van der Waals surface area contributed by atoms with Gasteiger partial charge in [-0.15, -0.1) is 0 Å². The monoisotopic (exact) mass is 413 g/mol. The second-order valence-electron chi connectivity index (χ2n) is 10.1. The SMILES string of the molecule is C=C1CCC[C@]2(C)C[C@H]3OC(=O)[C@H](C[NH+]4CCN(C(=O)c5ccco5)CC4)[C@H]3C[C@H]12. The van der Waals surface area contributed by atoms with Crippen molar-refractivity contribution in [2.75, 3.05) is 32.7 Å². The van der Waals surface area contributed by atoms with Gasteiger partial charge in [-0.2, -0.15) is 0 Å². The molecule has 162 valence electrons. The van der Waals surface area contributed by atoms with Crippen LogP contribution in [0.4, 0.5) is 0 Å². The molecule has 4 aliphatic rings. The number of hydrogen-bond donors (Lipinski definition) is 1. The minimum atomic E-state index is -0.0400. The summed E-state index contributed by atoms with van der Waals surface area (Å²) in [5, 5.41) is 0. The fraction of sp³-hybridized carbons (Fsp3) is 0.667. The molecule has 6 heteroatoms. The molecule has 0 spiro atoms. The maximum atomic E-state index is 12.8. The van der Waals surface area contributed by atoms with Crippen LogP contribution in [-0.2, 0) is 9.53 Å². The summed E-state index contributed by atoms with van der Waals surface area (Å²) in [6.07, 6.45) is 7.22. The number of rotatable bonds is 3. The van der Waals surface area contributed by atoms with Gasteiger partial charge in [-0.3, -0.25) is 9.59 Å². The van der Waals surface area contributed by atoms with Crippen LogP contribution < -0.4 is 4.90 Å². The Kier molecular flexibility index (Phi) is 5.00. The van der Waals surface area contributed by atoms with Gasteiger partial charge in [-0.1, -0.05) is 19.1 Å². The lowest BCUT2D eigenvalue weighted by Gasteiger charge is -2.50. The summed E-state index contributed by atoms with van der Waals surface area (Å²) in [6.45, 7) is 10.7. The van der Waals surface area contributed by atoms with Crippen molar-refractivity contribution in [2.24, 2.45) is 23.2 Å². The van der Waals surface area contributed by atoms with E-state index >= 15 is 0 Å². The largest absolute Gasteiger partial charge is 0.462 e. The zero-order valence-electron chi connectivity index (χ0n) is 17.9. The van der Waals surface area contributed by atoms with Crippen LogP contribution in [0, 0.1) is 23.2 Å². The number of hydrogen-bond acceptors (Lipinski definition) is 4. The summed E-state index contributed by atoms with van der Waals surface area (Å²) < 4.78 is 11.2. The number of ether oxygens (including phenoxy) is 1. The van der Waals surface area contributed by atoms with E-state index in [2.05, 4.69) is 13.5 Å². The molecule has 2 aliphatic carbocycles. The number of quaternary nitrogens is 1. The van der Waals surface area contributed by atoms with Crippen LogP contribution in [0.5, 0.6) is 0 Å². The van der Waals surface area contributed by atoms with Gasteiger partial charge in [0, 0.05) is 5.92 Å². The summed E-state index contributed by atoms with van der Waals surface area (Å²) >= 11 is 0. The third-order valence-corrected chi connectivity index (χ3v) is 8.32. The van der Waals surface area contributed by atoms with Crippen LogP contribution >= 0.6 is 0 Å². The van der Waals surface area contributed by atoms with Gasteiger partial charge in [0.25, 0.3) is 5.91 Å². The summed E-state index contributed by atoms with van der Waals surface area (Å²) in [5.74, 6) is 1.19. The van der Waals surface area contributed by atoms with E-state index in [0.717, 1.165) is 38.9 Å². The topological polar surface area (TPSA) is 64.2 Å². The van der Waals surface area contributed by atoms with E-state index in [-0.39, 0.29) is 29.3 Å². The number of piperazine rings is 1. The Balaban J connectivity index is 1.21. The molecule has 3 heterocycles. The minimum Gasteiger partial charge on any atom is -0.462 e. The number of fused-ring (bicyclic) bond motifs is 2. The van der Waals surface area contributed by atoms with Gasteiger partial charge < -0.3 is 19.0 Å². The maximum absolute atomic E-state index is 12.8. The average Bonchev–Trinajstić information content (AvgIpc) is 3.35. The fourth-order valence-corrected chi connectivity index (χ4v) is 6.59. The van der Waals surface area contributed by atoms with Crippen LogP contribution in [0.2, 0.25) is 0 Å².